The maximum atomic E-state index is 12.3. The summed E-state index contributed by atoms with van der Waals surface area (Å²) in [7, 11) is 0. The first-order valence-corrected chi connectivity index (χ1v) is 8.23. The lowest BCUT2D eigenvalue weighted by atomic mass is 9.88. The van der Waals surface area contributed by atoms with Crippen molar-refractivity contribution in [2.45, 2.75) is 60.0 Å². The maximum absolute atomic E-state index is 12.3. The molecule has 0 spiro atoms. The molecule has 130 valence electrons. The van der Waals surface area contributed by atoms with Gasteiger partial charge in [-0.2, -0.15) is 0 Å². The summed E-state index contributed by atoms with van der Waals surface area (Å²) < 4.78 is 0. The van der Waals surface area contributed by atoms with E-state index >= 15 is 0 Å². The Bertz CT molecular complexity index is 509. The van der Waals surface area contributed by atoms with E-state index in [0.717, 1.165) is 11.3 Å². The Morgan fingerprint density at radius 3 is 2.43 bits per heavy atom. The number of aliphatic hydroxyl groups excluding tert-OH is 1. The van der Waals surface area contributed by atoms with Crippen LogP contribution in [0.5, 0.6) is 0 Å². The third kappa shape index (κ3) is 6.57. The zero-order valence-corrected chi connectivity index (χ0v) is 15.2. The minimum atomic E-state index is -0.267. The SMILES string of the molecule is Cc1cccnc1C(NC(=O)NC(CO)CC(C)(C)C)C(C)C. The van der Waals surface area contributed by atoms with Gasteiger partial charge < -0.3 is 15.7 Å². The van der Waals surface area contributed by atoms with E-state index in [9.17, 15) is 9.90 Å². The molecular formula is C18H31N3O2. The molecule has 0 saturated heterocycles. The fraction of sp³-hybridized carbons (Fsp3) is 0.667. The number of aliphatic hydroxyl groups is 1. The topological polar surface area (TPSA) is 74.2 Å². The highest BCUT2D eigenvalue weighted by atomic mass is 16.3. The van der Waals surface area contributed by atoms with Crippen LogP contribution in [0.15, 0.2) is 18.3 Å². The first kappa shape index (κ1) is 19.4. The molecule has 2 amide bonds. The van der Waals surface area contributed by atoms with Crippen LogP contribution in [-0.4, -0.2) is 28.8 Å². The van der Waals surface area contributed by atoms with E-state index in [-0.39, 0.29) is 36.1 Å². The van der Waals surface area contributed by atoms with Gasteiger partial charge in [-0.15, -0.1) is 0 Å². The van der Waals surface area contributed by atoms with E-state index in [2.05, 4.69) is 50.2 Å². The Kier molecular flexibility index (Phi) is 7.01. The van der Waals surface area contributed by atoms with E-state index < -0.39 is 0 Å². The highest BCUT2D eigenvalue weighted by Gasteiger charge is 2.24. The van der Waals surface area contributed by atoms with Crippen LogP contribution in [0.3, 0.4) is 0 Å². The quantitative estimate of drug-likeness (QED) is 0.753. The van der Waals surface area contributed by atoms with Gasteiger partial charge >= 0.3 is 6.03 Å². The monoisotopic (exact) mass is 321 g/mol. The fourth-order valence-corrected chi connectivity index (χ4v) is 2.64. The summed E-state index contributed by atoms with van der Waals surface area (Å²) in [6.45, 7) is 12.3. The van der Waals surface area contributed by atoms with Gasteiger partial charge in [0.15, 0.2) is 0 Å². The molecule has 2 atom stereocenters. The molecule has 0 fully saturated rings. The number of carbonyl (C=O) groups excluding carboxylic acids is 1. The number of rotatable bonds is 6. The standard InChI is InChI=1S/C18H31N3O2/c1-12(2)15(16-13(3)8-7-9-19-16)21-17(23)20-14(11-22)10-18(4,5)6/h7-9,12,14-15,22H,10-11H2,1-6H3,(H2,20,21,23). The van der Waals surface area contributed by atoms with Crippen LogP contribution in [0.4, 0.5) is 4.79 Å². The van der Waals surface area contributed by atoms with Crippen LogP contribution in [0.2, 0.25) is 0 Å². The minimum Gasteiger partial charge on any atom is -0.394 e. The summed E-state index contributed by atoms with van der Waals surface area (Å²) in [6, 6.07) is 3.20. The molecule has 5 nitrogen and oxygen atoms in total. The lowest BCUT2D eigenvalue weighted by molar-refractivity contribution is 0.187. The van der Waals surface area contributed by atoms with E-state index in [1.807, 2.05) is 19.1 Å². The Hall–Kier alpha value is -1.62. The Balaban J connectivity index is 2.77. The van der Waals surface area contributed by atoms with E-state index in [1.54, 1.807) is 6.20 Å². The molecule has 0 bridgehead atoms. The largest absolute Gasteiger partial charge is 0.394 e. The van der Waals surface area contributed by atoms with Gasteiger partial charge in [-0.3, -0.25) is 4.98 Å². The average Bonchev–Trinajstić information content (AvgIpc) is 2.43. The van der Waals surface area contributed by atoms with Crippen molar-refractivity contribution < 1.29 is 9.90 Å². The molecule has 1 rings (SSSR count). The smallest absolute Gasteiger partial charge is 0.315 e. The van der Waals surface area contributed by atoms with Crippen LogP contribution in [-0.2, 0) is 0 Å². The number of aryl methyl sites for hydroxylation is 1. The van der Waals surface area contributed by atoms with E-state index in [4.69, 9.17) is 0 Å². The molecule has 0 radical (unpaired) electrons. The van der Waals surface area contributed by atoms with Crippen LogP contribution in [0, 0.1) is 18.3 Å². The summed E-state index contributed by atoms with van der Waals surface area (Å²) >= 11 is 0. The maximum Gasteiger partial charge on any atom is 0.315 e. The number of carbonyl (C=O) groups is 1. The van der Waals surface area contributed by atoms with Gasteiger partial charge in [0.05, 0.1) is 24.4 Å². The second kappa shape index (κ2) is 8.29. The van der Waals surface area contributed by atoms with Crippen molar-refractivity contribution in [3.05, 3.63) is 29.6 Å². The van der Waals surface area contributed by atoms with Gasteiger partial charge in [-0.25, -0.2) is 4.79 Å². The molecule has 0 saturated carbocycles. The Morgan fingerprint density at radius 2 is 1.96 bits per heavy atom. The van der Waals surface area contributed by atoms with Gasteiger partial charge in [-0.05, 0) is 36.3 Å². The first-order valence-electron chi connectivity index (χ1n) is 8.23. The molecule has 0 aliphatic carbocycles. The van der Waals surface area contributed by atoms with Crippen molar-refractivity contribution in [1.29, 1.82) is 0 Å². The van der Waals surface area contributed by atoms with Crippen molar-refractivity contribution in [2.24, 2.45) is 11.3 Å². The molecule has 2 unspecified atom stereocenters. The Labute approximate surface area is 139 Å². The number of nitrogens with zero attached hydrogens (tertiary/aromatic N) is 1. The highest BCUT2D eigenvalue weighted by molar-refractivity contribution is 5.74. The molecule has 1 heterocycles. The summed E-state index contributed by atoms with van der Waals surface area (Å²) in [4.78, 5) is 16.8. The molecule has 23 heavy (non-hydrogen) atoms. The van der Waals surface area contributed by atoms with Gasteiger partial charge in [0.2, 0.25) is 0 Å². The number of aromatic nitrogens is 1. The van der Waals surface area contributed by atoms with Crippen molar-refractivity contribution in [3.63, 3.8) is 0 Å². The van der Waals surface area contributed by atoms with E-state index in [1.165, 1.54) is 0 Å². The van der Waals surface area contributed by atoms with Gasteiger partial charge in [0.1, 0.15) is 0 Å². The van der Waals surface area contributed by atoms with Crippen molar-refractivity contribution in [3.8, 4) is 0 Å². The lowest BCUT2D eigenvalue weighted by Gasteiger charge is -2.28. The van der Waals surface area contributed by atoms with Gasteiger partial charge in [0.25, 0.3) is 0 Å². The third-order valence-electron chi connectivity index (χ3n) is 3.71. The molecule has 5 heteroatoms. The van der Waals surface area contributed by atoms with E-state index in [0.29, 0.717) is 6.42 Å². The second-order valence-corrected chi connectivity index (χ2v) is 7.69. The zero-order chi connectivity index (χ0) is 17.6. The molecule has 0 aliphatic heterocycles. The highest BCUT2D eigenvalue weighted by Crippen LogP contribution is 2.23. The van der Waals surface area contributed by atoms with Gasteiger partial charge in [-0.1, -0.05) is 40.7 Å². The first-order chi connectivity index (χ1) is 10.6. The molecule has 1 aromatic rings. The number of hydrogen-bond donors (Lipinski definition) is 3. The fourth-order valence-electron chi connectivity index (χ4n) is 2.64. The van der Waals surface area contributed by atoms with Crippen LogP contribution in [0.25, 0.3) is 0 Å². The summed E-state index contributed by atoms with van der Waals surface area (Å²) in [5.41, 5.74) is 1.98. The summed E-state index contributed by atoms with van der Waals surface area (Å²) in [6.07, 6.45) is 2.46. The summed E-state index contributed by atoms with van der Waals surface area (Å²) in [5.74, 6) is 0.213. The lowest BCUT2D eigenvalue weighted by Crippen LogP contribution is -2.47. The number of urea groups is 1. The molecule has 1 aromatic heterocycles. The molecule has 0 aromatic carbocycles. The number of hydrogen-bond acceptors (Lipinski definition) is 3. The molecular weight excluding hydrogens is 290 g/mol. The predicted molar refractivity (Wildman–Crippen MR) is 93.2 cm³/mol. The number of amides is 2. The van der Waals surface area contributed by atoms with Crippen LogP contribution < -0.4 is 10.6 Å². The van der Waals surface area contributed by atoms with Crippen molar-refractivity contribution >= 4 is 6.03 Å². The molecule has 3 N–H and O–H groups in total. The third-order valence-corrected chi connectivity index (χ3v) is 3.71. The van der Waals surface area contributed by atoms with Crippen molar-refractivity contribution in [1.82, 2.24) is 15.6 Å². The van der Waals surface area contributed by atoms with Gasteiger partial charge in [0, 0.05) is 6.20 Å². The van der Waals surface area contributed by atoms with Crippen LogP contribution >= 0.6 is 0 Å². The second-order valence-electron chi connectivity index (χ2n) is 7.69. The number of pyridine rings is 1. The normalized spacial score (nSPS) is 14.4. The number of nitrogens with one attached hydrogen (secondary N) is 2. The zero-order valence-electron chi connectivity index (χ0n) is 15.2. The van der Waals surface area contributed by atoms with Crippen molar-refractivity contribution in [2.75, 3.05) is 6.61 Å². The predicted octanol–water partition coefficient (Wildman–Crippen LogP) is 3.18. The summed E-state index contributed by atoms with van der Waals surface area (Å²) in [5, 5.41) is 15.4. The molecule has 0 aliphatic rings. The minimum absolute atomic E-state index is 0.0374. The average molecular weight is 321 g/mol. The van der Waals surface area contributed by atoms with Crippen LogP contribution in [0.1, 0.15) is 58.3 Å². The Morgan fingerprint density at radius 1 is 1.30 bits per heavy atom.